The van der Waals surface area contributed by atoms with Crippen molar-refractivity contribution in [3.63, 3.8) is 0 Å². The summed E-state index contributed by atoms with van der Waals surface area (Å²) in [7, 11) is 4.60. The van der Waals surface area contributed by atoms with Crippen molar-refractivity contribution < 1.29 is 23.5 Å². The summed E-state index contributed by atoms with van der Waals surface area (Å²) in [5.74, 6) is 1.83. The lowest BCUT2D eigenvalue weighted by Crippen LogP contribution is -2.20. The van der Waals surface area contributed by atoms with E-state index < -0.39 is 0 Å². The molecule has 1 N–H and O–H groups in total. The first-order valence-electron chi connectivity index (χ1n) is 9.01. The van der Waals surface area contributed by atoms with Gasteiger partial charge in [-0.05, 0) is 48.0 Å². The van der Waals surface area contributed by atoms with E-state index in [1.807, 2.05) is 12.1 Å². The van der Waals surface area contributed by atoms with Gasteiger partial charge in [-0.15, -0.1) is 0 Å². The minimum atomic E-state index is -0.278. The van der Waals surface area contributed by atoms with Crippen molar-refractivity contribution in [2.24, 2.45) is 0 Å². The zero-order valence-electron chi connectivity index (χ0n) is 16.8. The molecule has 3 rings (SSSR count). The number of benzene rings is 2. The fraction of sp³-hybridized carbons (Fsp3) is 0.182. The Balaban J connectivity index is 1.62. The number of carbonyl (C=O) groups is 1. The van der Waals surface area contributed by atoms with Crippen LogP contribution in [0.2, 0.25) is 5.02 Å². The number of methoxy groups -OCH3 is 3. The molecular formula is C22H21ClN2O5. The molecule has 1 heterocycles. The minimum Gasteiger partial charge on any atom is -0.493 e. The highest BCUT2D eigenvalue weighted by atomic mass is 35.5. The highest BCUT2D eigenvalue weighted by Crippen LogP contribution is 2.38. The molecule has 7 nitrogen and oxygen atoms in total. The molecule has 0 aliphatic heterocycles. The van der Waals surface area contributed by atoms with Gasteiger partial charge in [0.15, 0.2) is 17.3 Å². The van der Waals surface area contributed by atoms with E-state index in [-0.39, 0.29) is 12.5 Å². The van der Waals surface area contributed by atoms with Gasteiger partial charge in [-0.25, -0.2) is 0 Å². The van der Waals surface area contributed by atoms with Crippen LogP contribution < -0.4 is 19.5 Å². The Bertz CT molecular complexity index is 1020. The monoisotopic (exact) mass is 428 g/mol. The molecule has 0 saturated carbocycles. The average molecular weight is 429 g/mol. The first-order valence-corrected chi connectivity index (χ1v) is 9.39. The summed E-state index contributed by atoms with van der Waals surface area (Å²) in [6.45, 7) is 0.232. The van der Waals surface area contributed by atoms with E-state index in [4.69, 9.17) is 30.3 Å². The molecule has 1 amide bonds. The highest BCUT2D eigenvalue weighted by molar-refractivity contribution is 6.30. The van der Waals surface area contributed by atoms with Gasteiger partial charge in [0.05, 0.1) is 27.9 Å². The number of aromatic nitrogens is 1. The number of rotatable bonds is 8. The summed E-state index contributed by atoms with van der Waals surface area (Å²) in [4.78, 5) is 12.2. The number of nitrogens with one attached hydrogen (secondary N) is 1. The number of hydrogen-bond donors (Lipinski definition) is 1. The van der Waals surface area contributed by atoms with Crippen LogP contribution in [0.4, 0.5) is 0 Å². The third-order valence-corrected chi connectivity index (χ3v) is 4.50. The molecule has 0 fully saturated rings. The third-order valence-electron chi connectivity index (χ3n) is 4.25. The Hall–Kier alpha value is -3.45. The van der Waals surface area contributed by atoms with Crippen LogP contribution in [0.3, 0.4) is 0 Å². The second-order valence-electron chi connectivity index (χ2n) is 6.20. The Morgan fingerprint density at radius 1 is 1.07 bits per heavy atom. The summed E-state index contributed by atoms with van der Waals surface area (Å²) >= 11 is 5.89. The smallest absolute Gasteiger partial charge is 0.244 e. The maximum absolute atomic E-state index is 12.2. The predicted molar refractivity (Wildman–Crippen MR) is 114 cm³/mol. The second kappa shape index (κ2) is 9.84. The van der Waals surface area contributed by atoms with E-state index in [0.29, 0.717) is 33.7 Å². The molecule has 0 radical (unpaired) electrons. The van der Waals surface area contributed by atoms with Gasteiger partial charge in [0.25, 0.3) is 0 Å². The van der Waals surface area contributed by atoms with Crippen LogP contribution in [0.1, 0.15) is 11.3 Å². The summed E-state index contributed by atoms with van der Waals surface area (Å²) < 4.78 is 21.2. The van der Waals surface area contributed by atoms with E-state index in [9.17, 15) is 4.79 Å². The van der Waals surface area contributed by atoms with Crippen LogP contribution in [-0.4, -0.2) is 32.4 Å². The summed E-state index contributed by atoms with van der Waals surface area (Å²) in [6.07, 6.45) is 3.07. The van der Waals surface area contributed by atoms with Gasteiger partial charge in [0.1, 0.15) is 5.69 Å². The number of nitrogens with zero attached hydrogens (tertiary/aromatic N) is 1. The lowest BCUT2D eigenvalue weighted by Gasteiger charge is -2.12. The van der Waals surface area contributed by atoms with Gasteiger partial charge in [-0.3, -0.25) is 4.79 Å². The number of halogens is 1. The van der Waals surface area contributed by atoms with Crippen LogP contribution in [0.5, 0.6) is 17.2 Å². The van der Waals surface area contributed by atoms with Gasteiger partial charge in [0.2, 0.25) is 11.7 Å². The van der Waals surface area contributed by atoms with E-state index in [1.54, 1.807) is 36.4 Å². The number of ether oxygens (including phenoxy) is 3. The molecule has 0 saturated heterocycles. The molecule has 3 aromatic rings. The lowest BCUT2D eigenvalue weighted by atomic mass is 10.1. The quantitative estimate of drug-likeness (QED) is 0.537. The third kappa shape index (κ3) is 5.12. The second-order valence-corrected chi connectivity index (χ2v) is 6.64. The first kappa shape index (κ1) is 21.3. The molecule has 0 atom stereocenters. The van der Waals surface area contributed by atoms with E-state index in [0.717, 1.165) is 11.1 Å². The van der Waals surface area contributed by atoms with Crippen LogP contribution in [0, 0.1) is 0 Å². The molecule has 30 heavy (non-hydrogen) atoms. The maximum atomic E-state index is 12.2. The summed E-state index contributed by atoms with van der Waals surface area (Å²) in [6, 6.07) is 12.5. The number of carbonyl (C=O) groups excluding carboxylic acids is 1. The highest BCUT2D eigenvalue weighted by Gasteiger charge is 2.12. The van der Waals surface area contributed by atoms with Crippen LogP contribution in [-0.2, 0) is 11.3 Å². The maximum Gasteiger partial charge on any atom is 0.244 e. The van der Waals surface area contributed by atoms with E-state index in [1.165, 1.54) is 27.4 Å². The first-order chi connectivity index (χ1) is 14.5. The molecule has 0 bridgehead atoms. The molecular weight excluding hydrogens is 408 g/mol. The Kier molecular flexibility index (Phi) is 6.98. The zero-order valence-corrected chi connectivity index (χ0v) is 17.5. The average Bonchev–Trinajstić information content (AvgIpc) is 3.24. The van der Waals surface area contributed by atoms with Crippen molar-refractivity contribution in [1.82, 2.24) is 10.5 Å². The Morgan fingerprint density at radius 3 is 2.33 bits per heavy atom. The standard InChI is InChI=1S/C22H21ClN2O5/c1-27-19-10-14(11-20(28-2)22(19)29-3)4-9-21(26)24-13-17-12-18(30-25-17)15-5-7-16(23)8-6-15/h4-12H,13H2,1-3H3,(H,24,26)/b9-4-. The molecule has 8 heteroatoms. The summed E-state index contributed by atoms with van der Waals surface area (Å²) in [5.41, 5.74) is 2.19. The van der Waals surface area contributed by atoms with Gasteiger partial charge in [-0.1, -0.05) is 16.8 Å². The van der Waals surface area contributed by atoms with Crippen LogP contribution in [0.25, 0.3) is 17.4 Å². The fourth-order valence-corrected chi connectivity index (χ4v) is 2.88. The summed E-state index contributed by atoms with van der Waals surface area (Å²) in [5, 5.41) is 7.39. The molecule has 1 aromatic heterocycles. The number of amides is 1. The molecule has 0 aliphatic rings. The van der Waals surface area contributed by atoms with Gasteiger partial charge in [-0.2, -0.15) is 0 Å². The predicted octanol–water partition coefficient (Wildman–Crippen LogP) is 4.35. The SMILES string of the molecule is COc1cc(/C=C\C(=O)NCc2cc(-c3ccc(Cl)cc3)on2)cc(OC)c1OC. The Morgan fingerprint density at radius 2 is 1.73 bits per heavy atom. The Labute approximate surface area is 179 Å². The largest absolute Gasteiger partial charge is 0.493 e. The minimum absolute atomic E-state index is 0.232. The van der Waals surface area contributed by atoms with Crippen molar-refractivity contribution in [2.75, 3.05) is 21.3 Å². The van der Waals surface area contributed by atoms with E-state index in [2.05, 4.69) is 10.5 Å². The number of hydrogen-bond acceptors (Lipinski definition) is 6. The van der Waals surface area contributed by atoms with Crippen LogP contribution >= 0.6 is 11.6 Å². The van der Waals surface area contributed by atoms with Crippen molar-refractivity contribution >= 4 is 23.6 Å². The van der Waals surface area contributed by atoms with Crippen molar-refractivity contribution in [1.29, 1.82) is 0 Å². The molecule has 2 aromatic carbocycles. The van der Waals surface area contributed by atoms with Gasteiger partial charge in [0, 0.05) is 22.7 Å². The van der Waals surface area contributed by atoms with Gasteiger partial charge >= 0.3 is 0 Å². The van der Waals surface area contributed by atoms with E-state index >= 15 is 0 Å². The molecule has 0 aliphatic carbocycles. The van der Waals surface area contributed by atoms with Crippen molar-refractivity contribution in [3.05, 3.63) is 64.8 Å². The normalized spacial score (nSPS) is 10.8. The fourth-order valence-electron chi connectivity index (χ4n) is 2.75. The zero-order chi connectivity index (χ0) is 21.5. The van der Waals surface area contributed by atoms with Crippen molar-refractivity contribution in [2.45, 2.75) is 6.54 Å². The van der Waals surface area contributed by atoms with Crippen molar-refractivity contribution in [3.8, 4) is 28.6 Å². The molecule has 0 spiro atoms. The lowest BCUT2D eigenvalue weighted by molar-refractivity contribution is -0.116. The molecule has 0 unspecified atom stereocenters. The topological polar surface area (TPSA) is 82.8 Å². The van der Waals surface area contributed by atoms with Crippen LogP contribution in [0.15, 0.2) is 53.1 Å². The molecule has 156 valence electrons. The van der Waals surface area contributed by atoms with Gasteiger partial charge < -0.3 is 24.1 Å².